The third-order valence-corrected chi connectivity index (χ3v) is 4.27. The van der Waals surface area contributed by atoms with Gasteiger partial charge in [0.25, 0.3) is 0 Å². The molecule has 0 fully saturated rings. The summed E-state index contributed by atoms with van der Waals surface area (Å²) in [6, 6.07) is 14.6. The van der Waals surface area contributed by atoms with E-state index in [2.05, 4.69) is 0 Å². The topological polar surface area (TPSA) is 72.6 Å². The summed E-state index contributed by atoms with van der Waals surface area (Å²) in [5.74, 6) is 0.254. The fraction of sp³-hybridized carbons (Fsp3) is 0.263. The van der Waals surface area contributed by atoms with Gasteiger partial charge in [0.15, 0.2) is 0 Å². The molecule has 0 spiro atoms. The van der Waals surface area contributed by atoms with Crippen LogP contribution >= 0.6 is 0 Å². The first-order valence-electron chi connectivity index (χ1n) is 7.94. The van der Waals surface area contributed by atoms with Crippen molar-refractivity contribution in [2.75, 3.05) is 6.61 Å². The number of nitrogens with zero attached hydrogens (tertiary/aromatic N) is 1. The number of benzene rings is 2. The van der Waals surface area contributed by atoms with E-state index < -0.39 is 5.91 Å². The first-order valence-corrected chi connectivity index (χ1v) is 7.94. The second-order valence-corrected chi connectivity index (χ2v) is 5.99. The number of nitrogens with two attached hydrogens (primary N) is 1. The molecule has 1 unspecified atom stereocenters. The van der Waals surface area contributed by atoms with Crippen LogP contribution in [0.5, 0.6) is 5.75 Å². The highest BCUT2D eigenvalue weighted by atomic mass is 16.5. The second-order valence-electron chi connectivity index (χ2n) is 5.99. The van der Waals surface area contributed by atoms with Crippen LogP contribution in [0.25, 0.3) is 0 Å². The van der Waals surface area contributed by atoms with Crippen molar-refractivity contribution in [3.63, 3.8) is 0 Å². The number of carbonyl (C=O) groups is 2. The van der Waals surface area contributed by atoms with E-state index in [0.29, 0.717) is 24.3 Å². The number of fused-ring (bicyclic) bond motifs is 1. The number of hydrogen-bond donors (Lipinski definition) is 1. The summed E-state index contributed by atoms with van der Waals surface area (Å²) in [7, 11) is 0. The predicted molar refractivity (Wildman–Crippen MR) is 90.6 cm³/mol. The predicted octanol–water partition coefficient (Wildman–Crippen LogP) is 2.14. The minimum absolute atomic E-state index is 0.0449. The number of hydrogen-bond acceptors (Lipinski definition) is 3. The Bertz CT molecular complexity index is 773. The Kier molecular flexibility index (Phi) is 4.51. The Hall–Kier alpha value is -2.82. The fourth-order valence-electron chi connectivity index (χ4n) is 2.93. The van der Waals surface area contributed by atoms with Gasteiger partial charge in [0.05, 0.1) is 12.5 Å². The van der Waals surface area contributed by atoms with E-state index in [1.807, 2.05) is 31.2 Å². The van der Waals surface area contributed by atoms with Gasteiger partial charge >= 0.3 is 0 Å². The van der Waals surface area contributed by atoms with Gasteiger partial charge in [-0.3, -0.25) is 9.59 Å². The van der Waals surface area contributed by atoms with Crippen LogP contribution in [0, 0.1) is 0 Å². The summed E-state index contributed by atoms with van der Waals surface area (Å²) in [5, 5.41) is 0. The molecule has 1 atom stereocenters. The Balaban J connectivity index is 1.83. The van der Waals surface area contributed by atoms with Crippen LogP contribution in [-0.4, -0.2) is 29.4 Å². The van der Waals surface area contributed by atoms with Gasteiger partial charge in [-0.1, -0.05) is 36.4 Å². The minimum Gasteiger partial charge on any atom is -0.491 e. The zero-order chi connectivity index (χ0) is 17.1. The van der Waals surface area contributed by atoms with E-state index in [4.69, 9.17) is 10.5 Å². The van der Waals surface area contributed by atoms with Crippen LogP contribution in [0.4, 0.5) is 0 Å². The standard InChI is InChI=1S/C19H20N2O3/c1-13-12-24-17-9-5-3-7-15(17)11-21(13)18(22)10-14-6-2-4-8-16(14)19(20)23/h2-9,13H,10-12H2,1H3,(H2,20,23). The molecule has 1 heterocycles. The molecule has 0 saturated carbocycles. The van der Waals surface area contributed by atoms with Crippen LogP contribution in [0.2, 0.25) is 0 Å². The molecule has 2 aromatic rings. The molecule has 5 heteroatoms. The highest BCUT2D eigenvalue weighted by Gasteiger charge is 2.26. The van der Waals surface area contributed by atoms with Gasteiger partial charge in [-0.05, 0) is 24.6 Å². The largest absolute Gasteiger partial charge is 0.491 e. The molecular weight excluding hydrogens is 304 g/mol. The number of para-hydroxylation sites is 1. The van der Waals surface area contributed by atoms with E-state index in [0.717, 1.165) is 11.3 Å². The van der Waals surface area contributed by atoms with Crippen LogP contribution in [0.15, 0.2) is 48.5 Å². The van der Waals surface area contributed by atoms with E-state index >= 15 is 0 Å². The van der Waals surface area contributed by atoms with Crippen LogP contribution in [0.3, 0.4) is 0 Å². The molecule has 2 aromatic carbocycles. The van der Waals surface area contributed by atoms with Crippen molar-refractivity contribution in [1.82, 2.24) is 4.90 Å². The van der Waals surface area contributed by atoms with Crippen LogP contribution < -0.4 is 10.5 Å². The maximum atomic E-state index is 12.8. The first-order chi connectivity index (χ1) is 11.6. The molecule has 5 nitrogen and oxygen atoms in total. The van der Waals surface area contributed by atoms with E-state index in [1.165, 1.54) is 0 Å². The zero-order valence-electron chi connectivity index (χ0n) is 13.6. The molecule has 1 aliphatic heterocycles. The van der Waals surface area contributed by atoms with Gasteiger partial charge in [0.1, 0.15) is 12.4 Å². The lowest BCUT2D eigenvalue weighted by atomic mass is 10.0. The first kappa shape index (κ1) is 16.1. The van der Waals surface area contributed by atoms with Crippen LogP contribution in [0.1, 0.15) is 28.4 Å². The molecule has 0 bridgehead atoms. The minimum atomic E-state index is -0.518. The third-order valence-electron chi connectivity index (χ3n) is 4.27. The maximum absolute atomic E-state index is 12.8. The lowest BCUT2D eigenvalue weighted by Gasteiger charge is -2.26. The van der Waals surface area contributed by atoms with Gasteiger partial charge < -0.3 is 15.4 Å². The lowest BCUT2D eigenvalue weighted by molar-refractivity contribution is -0.133. The molecular formula is C19H20N2O3. The number of carbonyl (C=O) groups excluding carboxylic acids is 2. The Morgan fingerprint density at radius 2 is 1.88 bits per heavy atom. The molecule has 124 valence electrons. The maximum Gasteiger partial charge on any atom is 0.248 e. The summed E-state index contributed by atoms with van der Waals surface area (Å²) >= 11 is 0. The number of rotatable bonds is 3. The Morgan fingerprint density at radius 1 is 1.17 bits per heavy atom. The average molecular weight is 324 g/mol. The second kappa shape index (κ2) is 6.74. The van der Waals surface area contributed by atoms with Gasteiger partial charge in [0, 0.05) is 17.7 Å². The SMILES string of the molecule is CC1COc2ccccc2CN1C(=O)Cc1ccccc1C(N)=O. The van der Waals surface area contributed by atoms with E-state index in [1.54, 1.807) is 29.2 Å². The number of amides is 2. The molecule has 1 aliphatic rings. The molecule has 24 heavy (non-hydrogen) atoms. The van der Waals surface area contributed by atoms with Crippen molar-refractivity contribution in [2.24, 2.45) is 5.73 Å². The quantitative estimate of drug-likeness (QED) is 0.940. The average Bonchev–Trinajstić information content (AvgIpc) is 2.74. The van der Waals surface area contributed by atoms with Crippen molar-refractivity contribution in [3.05, 3.63) is 65.2 Å². The summed E-state index contributed by atoms with van der Waals surface area (Å²) < 4.78 is 5.79. The molecule has 2 N–H and O–H groups in total. The normalized spacial score (nSPS) is 16.7. The fourth-order valence-corrected chi connectivity index (χ4v) is 2.93. The van der Waals surface area contributed by atoms with Crippen molar-refractivity contribution < 1.29 is 14.3 Å². The number of ether oxygens (including phenoxy) is 1. The van der Waals surface area contributed by atoms with Crippen molar-refractivity contribution in [1.29, 1.82) is 0 Å². The zero-order valence-corrected chi connectivity index (χ0v) is 13.6. The third kappa shape index (κ3) is 3.25. The molecule has 3 rings (SSSR count). The summed E-state index contributed by atoms with van der Waals surface area (Å²) in [5.41, 5.74) is 7.43. The highest BCUT2D eigenvalue weighted by molar-refractivity contribution is 5.95. The monoisotopic (exact) mass is 324 g/mol. The van der Waals surface area contributed by atoms with Gasteiger partial charge in [-0.25, -0.2) is 0 Å². The smallest absolute Gasteiger partial charge is 0.248 e. The lowest BCUT2D eigenvalue weighted by Crippen LogP contribution is -2.40. The molecule has 0 aromatic heterocycles. The summed E-state index contributed by atoms with van der Waals surface area (Å²) in [6.07, 6.45) is 0.144. The highest BCUT2D eigenvalue weighted by Crippen LogP contribution is 2.25. The van der Waals surface area contributed by atoms with E-state index in [-0.39, 0.29) is 18.4 Å². The van der Waals surface area contributed by atoms with E-state index in [9.17, 15) is 9.59 Å². The molecule has 0 saturated heterocycles. The van der Waals surface area contributed by atoms with Crippen molar-refractivity contribution in [2.45, 2.75) is 25.9 Å². The van der Waals surface area contributed by atoms with Crippen molar-refractivity contribution in [3.8, 4) is 5.75 Å². The summed E-state index contributed by atoms with van der Waals surface area (Å²) in [6.45, 7) is 2.90. The van der Waals surface area contributed by atoms with Crippen LogP contribution in [-0.2, 0) is 17.8 Å². The van der Waals surface area contributed by atoms with Crippen molar-refractivity contribution >= 4 is 11.8 Å². The molecule has 0 radical (unpaired) electrons. The number of primary amides is 1. The van der Waals surface area contributed by atoms with Gasteiger partial charge in [-0.2, -0.15) is 0 Å². The Labute approximate surface area is 141 Å². The molecule has 2 amide bonds. The van der Waals surface area contributed by atoms with Gasteiger partial charge in [-0.15, -0.1) is 0 Å². The molecule has 0 aliphatic carbocycles. The van der Waals surface area contributed by atoms with Gasteiger partial charge in [0.2, 0.25) is 11.8 Å². The summed E-state index contributed by atoms with van der Waals surface area (Å²) in [4.78, 5) is 26.2. The Morgan fingerprint density at radius 3 is 2.67 bits per heavy atom.